The highest BCUT2D eigenvalue weighted by molar-refractivity contribution is 4.66. The van der Waals surface area contributed by atoms with Crippen LogP contribution in [0.25, 0.3) is 0 Å². The molecule has 0 aliphatic rings. The molecule has 0 saturated carbocycles. The van der Waals surface area contributed by atoms with Crippen molar-refractivity contribution in [3.8, 4) is 0 Å². The van der Waals surface area contributed by atoms with Gasteiger partial charge in [0.25, 0.3) is 0 Å². The molecule has 0 N–H and O–H groups in total. The Bertz CT molecular complexity index is 274. The van der Waals surface area contributed by atoms with Crippen LogP contribution in [0.2, 0.25) is 0 Å². The van der Waals surface area contributed by atoms with Gasteiger partial charge in [-0.05, 0) is 40.0 Å². The molecule has 0 aromatic heterocycles. The standard InChI is InChI=1S/C21H45NO6/c1-19(26-16-13-23-4)7-10-22(11-8-20(2)27-17-14-24-5)12-9-21(3)28-18-15-25-6/h19-21H,7-18H2,1-6H3. The Morgan fingerprint density at radius 1 is 0.500 bits per heavy atom. The van der Waals surface area contributed by atoms with Gasteiger partial charge in [0.05, 0.1) is 58.0 Å². The Morgan fingerprint density at radius 3 is 1.04 bits per heavy atom. The first-order valence-corrected chi connectivity index (χ1v) is 10.6. The van der Waals surface area contributed by atoms with Crippen LogP contribution in [0.1, 0.15) is 40.0 Å². The van der Waals surface area contributed by atoms with Crippen molar-refractivity contribution in [2.75, 3.05) is 80.6 Å². The lowest BCUT2D eigenvalue weighted by atomic mass is 10.2. The van der Waals surface area contributed by atoms with E-state index in [1.54, 1.807) is 21.3 Å². The second-order valence-electron chi connectivity index (χ2n) is 7.23. The average Bonchev–Trinajstić information content (AvgIpc) is 2.68. The highest BCUT2D eigenvalue weighted by Gasteiger charge is 2.13. The van der Waals surface area contributed by atoms with E-state index in [1.807, 2.05) is 0 Å². The topological polar surface area (TPSA) is 58.6 Å². The maximum Gasteiger partial charge on any atom is 0.0703 e. The Labute approximate surface area is 172 Å². The van der Waals surface area contributed by atoms with Gasteiger partial charge in [0.1, 0.15) is 0 Å². The zero-order valence-electron chi connectivity index (χ0n) is 19.1. The first kappa shape index (κ1) is 27.7. The highest BCUT2D eigenvalue weighted by atomic mass is 16.5. The SMILES string of the molecule is COCCOC(C)CCN(CCC(C)OCCOC)CCC(C)OCCOC. The van der Waals surface area contributed by atoms with Crippen LogP contribution >= 0.6 is 0 Å². The van der Waals surface area contributed by atoms with Crippen LogP contribution in [0.3, 0.4) is 0 Å². The minimum Gasteiger partial charge on any atom is -0.382 e. The summed E-state index contributed by atoms with van der Waals surface area (Å²) in [4.78, 5) is 2.49. The Morgan fingerprint density at radius 2 is 0.786 bits per heavy atom. The van der Waals surface area contributed by atoms with Crippen LogP contribution < -0.4 is 0 Å². The summed E-state index contributed by atoms with van der Waals surface area (Å²) >= 11 is 0. The van der Waals surface area contributed by atoms with Gasteiger partial charge in [0, 0.05) is 41.0 Å². The molecule has 0 fully saturated rings. The smallest absolute Gasteiger partial charge is 0.0703 e. The second-order valence-corrected chi connectivity index (χ2v) is 7.23. The summed E-state index contributed by atoms with van der Waals surface area (Å²) in [6.07, 6.45) is 3.68. The Hall–Kier alpha value is -0.280. The third kappa shape index (κ3) is 17.8. The molecule has 28 heavy (non-hydrogen) atoms. The Kier molecular flexibility index (Phi) is 19.8. The predicted octanol–water partition coefficient (Wildman–Crippen LogP) is 2.61. The fraction of sp³-hybridized carbons (Fsp3) is 1.00. The number of methoxy groups -OCH3 is 3. The van der Waals surface area contributed by atoms with E-state index in [2.05, 4.69) is 25.7 Å². The number of hydrogen-bond donors (Lipinski definition) is 0. The van der Waals surface area contributed by atoms with Crippen molar-refractivity contribution in [2.24, 2.45) is 0 Å². The van der Waals surface area contributed by atoms with Crippen LogP contribution in [-0.2, 0) is 28.4 Å². The highest BCUT2D eigenvalue weighted by Crippen LogP contribution is 2.08. The number of rotatable bonds is 21. The van der Waals surface area contributed by atoms with Crippen LogP contribution in [0.15, 0.2) is 0 Å². The van der Waals surface area contributed by atoms with E-state index < -0.39 is 0 Å². The first-order chi connectivity index (χ1) is 13.5. The molecule has 7 heteroatoms. The van der Waals surface area contributed by atoms with E-state index in [9.17, 15) is 0 Å². The molecule has 0 saturated heterocycles. The molecule has 0 bridgehead atoms. The lowest BCUT2D eigenvalue weighted by Gasteiger charge is -2.27. The molecule has 3 unspecified atom stereocenters. The van der Waals surface area contributed by atoms with Gasteiger partial charge in [0.2, 0.25) is 0 Å². The van der Waals surface area contributed by atoms with Gasteiger partial charge in [-0.15, -0.1) is 0 Å². The van der Waals surface area contributed by atoms with E-state index in [0.29, 0.717) is 39.6 Å². The van der Waals surface area contributed by atoms with Crippen molar-refractivity contribution >= 4 is 0 Å². The van der Waals surface area contributed by atoms with Crippen LogP contribution in [0.5, 0.6) is 0 Å². The molecule has 170 valence electrons. The normalized spacial score (nSPS) is 15.1. The minimum absolute atomic E-state index is 0.225. The second kappa shape index (κ2) is 20.0. The summed E-state index contributed by atoms with van der Waals surface area (Å²) in [5.74, 6) is 0. The molecule has 0 heterocycles. The first-order valence-electron chi connectivity index (χ1n) is 10.6. The fourth-order valence-corrected chi connectivity index (χ4v) is 2.68. The van der Waals surface area contributed by atoms with Crippen molar-refractivity contribution in [3.05, 3.63) is 0 Å². The number of hydrogen-bond acceptors (Lipinski definition) is 7. The molecule has 0 aliphatic carbocycles. The summed E-state index contributed by atoms with van der Waals surface area (Å²) in [5, 5.41) is 0. The quantitative estimate of drug-likeness (QED) is 0.271. The molecule has 0 amide bonds. The predicted molar refractivity (Wildman–Crippen MR) is 112 cm³/mol. The van der Waals surface area contributed by atoms with Crippen molar-refractivity contribution in [1.29, 1.82) is 0 Å². The molecule has 0 rings (SSSR count). The molecule has 7 nitrogen and oxygen atoms in total. The molecule has 3 atom stereocenters. The maximum atomic E-state index is 5.79. The van der Waals surface area contributed by atoms with E-state index in [0.717, 1.165) is 38.9 Å². The largest absolute Gasteiger partial charge is 0.382 e. The molecule has 0 aromatic rings. The summed E-state index contributed by atoms with van der Waals surface area (Å²) < 4.78 is 32.5. The summed E-state index contributed by atoms with van der Waals surface area (Å²) in [5.41, 5.74) is 0. The summed E-state index contributed by atoms with van der Waals surface area (Å²) in [6.45, 7) is 13.2. The molecular weight excluding hydrogens is 362 g/mol. The average molecular weight is 408 g/mol. The van der Waals surface area contributed by atoms with Crippen molar-refractivity contribution in [2.45, 2.75) is 58.3 Å². The number of nitrogens with zero attached hydrogens (tertiary/aromatic N) is 1. The lowest BCUT2D eigenvalue weighted by Crippen LogP contribution is -2.33. The van der Waals surface area contributed by atoms with E-state index in [1.165, 1.54) is 0 Å². The van der Waals surface area contributed by atoms with Gasteiger partial charge in [-0.2, -0.15) is 0 Å². The number of ether oxygens (including phenoxy) is 6. The zero-order valence-corrected chi connectivity index (χ0v) is 19.1. The van der Waals surface area contributed by atoms with Crippen molar-refractivity contribution in [3.63, 3.8) is 0 Å². The maximum absolute atomic E-state index is 5.79. The summed E-state index contributed by atoms with van der Waals surface area (Å²) in [7, 11) is 5.09. The van der Waals surface area contributed by atoms with Gasteiger partial charge in [-0.25, -0.2) is 0 Å². The van der Waals surface area contributed by atoms with Crippen molar-refractivity contribution < 1.29 is 28.4 Å². The van der Waals surface area contributed by atoms with Gasteiger partial charge in [-0.1, -0.05) is 0 Å². The van der Waals surface area contributed by atoms with E-state index in [-0.39, 0.29) is 18.3 Å². The zero-order chi connectivity index (χ0) is 21.0. The molecular formula is C21H45NO6. The van der Waals surface area contributed by atoms with Gasteiger partial charge >= 0.3 is 0 Å². The van der Waals surface area contributed by atoms with Gasteiger partial charge in [0.15, 0.2) is 0 Å². The third-order valence-corrected chi connectivity index (χ3v) is 4.63. The van der Waals surface area contributed by atoms with Crippen molar-refractivity contribution in [1.82, 2.24) is 4.90 Å². The Balaban J connectivity index is 4.27. The van der Waals surface area contributed by atoms with Crippen LogP contribution in [0.4, 0.5) is 0 Å². The van der Waals surface area contributed by atoms with Gasteiger partial charge in [-0.3, -0.25) is 0 Å². The molecule has 0 radical (unpaired) electrons. The van der Waals surface area contributed by atoms with Crippen LogP contribution in [-0.4, -0.2) is 104 Å². The van der Waals surface area contributed by atoms with E-state index >= 15 is 0 Å². The molecule has 0 spiro atoms. The monoisotopic (exact) mass is 407 g/mol. The lowest BCUT2D eigenvalue weighted by molar-refractivity contribution is 0.00349. The molecule has 0 aliphatic heterocycles. The minimum atomic E-state index is 0.225. The van der Waals surface area contributed by atoms with Crippen LogP contribution in [0, 0.1) is 0 Å². The third-order valence-electron chi connectivity index (χ3n) is 4.63. The van der Waals surface area contributed by atoms with E-state index in [4.69, 9.17) is 28.4 Å². The summed E-state index contributed by atoms with van der Waals surface area (Å²) in [6, 6.07) is 0. The van der Waals surface area contributed by atoms with Gasteiger partial charge < -0.3 is 33.3 Å². The fourth-order valence-electron chi connectivity index (χ4n) is 2.68. The molecule has 0 aromatic carbocycles.